The van der Waals surface area contributed by atoms with Crippen LogP contribution in [-0.2, 0) is 4.79 Å². The molecule has 19 heavy (non-hydrogen) atoms. The summed E-state index contributed by atoms with van der Waals surface area (Å²) in [4.78, 5) is 15.5. The molecule has 1 aliphatic carbocycles. The van der Waals surface area contributed by atoms with Crippen LogP contribution in [0.25, 0.3) is 0 Å². The van der Waals surface area contributed by atoms with Gasteiger partial charge in [-0.05, 0) is 51.4 Å². The number of hydrogen-bond donors (Lipinski definition) is 0. The van der Waals surface area contributed by atoms with Crippen molar-refractivity contribution < 1.29 is 4.79 Å². The Labute approximate surface area is 126 Å². The van der Waals surface area contributed by atoms with E-state index < -0.39 is 0 Å². The summed E-state index contributed by atoms with van der Waals surface area (Å²) in [5.41, 5.74) is 0. The zero-order valence-electron chi connectivity index (χ0n) is 12.4. The van der Waals surface area contributed by atoms with Crippen molar-refractivity contribution in [2.45, 2.75) is 69.7 Å². The Morgan fingerprint density at radius 1 is 1.16 bits per heavy atom. The SMILES string of the molecule is CCC1CCC(C)N(CC(=O)C2CCC(Br)CC2)C1. The lowest BCUT2D eigenvalue weighted by atomic mass is 9.85. The lowest BCUT2D eigenvalue weighted by Crippen LogP contribution is -2.45. The molecule has 2 nitrogen and oxygen atoms in total. The van der Waals surface area contributed by atoms with Gasteiger partial charge in [-0.2, -0.15) is 0 Å². The topological polar surface area (TPSA) is 20.3 Å². The van der Waals surface area contributed by atoms with E-state index in [-0.39, 0.29) is 0 Å². The van der Waals surface area contributed by atoms with Crippen LogP contribution >= 0.6 is 15.9 Å². The van der Waals surface area contributed by atoms with Crippen molar-refractivity contribution in [1.29, 1.82) is 0 Å². The van der Waals surface area contributed by atoms with E-state index in [1.54, 1.807) is 0 Å². The Balaban J connectivity index is 1.83. The third-order valence-electron chi connectivity index (χ3n) is 5.16. The smallest absolute Gasteiger partial charge is 0.149 e. The van der Waals surface area contributed by atoms with Crippen molar-refractivity contribution in [2.75, 3.05) is 13.1 Å². The summed E-state index contributed by atoms with van der Waals surface area (Å²) in [5, 5.41) is 0. The molecule has 0 amide bonds. The van der Waals surface area contributed by atoms with E-state index in [0.717, 1.165) is 25.3 Å². The number of halogens is 1. The minimum atomic E-state index is 0.336. The normalized spacial score (nSPS) is 37.2. The van der Waals surface area contributed by atoms with E-state index >= 15 is 0 Å². The van der Waals surface area contributed by atoms with Crippen molar-refractivity contribution in [3.8, 4) is 0 Å². The lowest BCUT2D eigenvalue weighted by molar-refractivity contribution is -0.126. The van der Waals surface area contributed by atoms with Gasteiger partial charge in [0.1, 0.15) is 5.78 Å². The summed E-state index contributed by atoms with van der Waals surface area (Å²) in [7, 11) is 0. The second-order valence-corrected chi connectivity index (χ2v) is 7.84. The van der Waals surface area contributed by atoms with E-state index in [1.165, 1.54) is 32.1 Å². The number of alkyl halides is 1. The van der Waals surface area contributed by atoms with Crippen LogP contribution in [0, 0.1) is 11.8 Å². The molecule has 0 bridgehead atoms. The molecule has 110 valence electrons. The first kappa shape index (κ1) is 15.5. The van der Waals surface area contributed by atoms with Crippen molar-refractivity contribution in [3.63, 3.8) is 0 Å². The van der Waals surface area contributed by atoms with Crippen LogP contribution < -0.4 is 0 Å². The number of hydrogen-bond acceptors (Lipinski definition) is 2. The number of carbonyl (C=O) groups excluding carboxylic acids is 1. The maximum Gasteiger partial charge on any atom is 0.149 e. The van der Waals surface area contributed by atoms with Gasteiger partial charge in [0.25, 0.3) is 0 Å². The Morgan fingerprint density at radius 3 is 2.47 bits per heavy atom. The fourth-order valence-electron chi connectivity index (χ4n) is 3.52. The highest BCUT2D eigenvalue weighted by Crippen LogP contribution is 2.30. The van der Waals surface area contributed by atoms with Gasteiger partial charge in [-0.15, -0.1) is 0 Å². The summed E-state index contributed by atoms with van der Waals surface area (Å²) in [6.07, 6.45) is 8.39. The Kier molecular flexibility index (Phi) is 5.88. The minimum Gasteiger partial charge on any atom is -0.298 e. The van der Waals surface area contributed by atoms with E-state index in [9.17, 15) is 4.79 Å². The monoisotopic (exact) mass is 329 g/mol. The molecule has 0 N–H and O–H groups in total. The van der Waals surface area contributed by atoms with Crippen LogP contribution in [0.1, 0.15) is 58.8 Å². The van der Waals surface area contributed by atoms with Crippen LogP contribution in [0.4, 0.5) is 0 Å². The number of nitrogens with zero attached hydrogens (tertiary/aromatic N) is 1. The predicted molar refractivity (Wildman–Crippen MR) is 83.7 cm³/mol. The number of carbonyl (C=O) groups is 1. The molecule has 3 heteroatoms. The van der Waals surface area contributed by atoms with E-state index in [1.807, 2.05) is 0 Å². The summed E-state index contributed by atoms with van der Waals surface area (Å²) < 4.78 is 0. The first-order valence-corrected chi connectivity index (χ1v) is 8.92. The third kappa shape index (κ3) is 4.29. The van der Waals surface area contributed by atoms with Crippen LogP contribution in [0.2, 0.25) is 0 Å². The molecule has 0 radical (unpaired) electrons. The zero-order valence-corrected chi connectivity index (χ0v) is 14.0. The van der Waals surface area contributed by atoms with E-state index in [0.29, 0.717) is 29.1 Å². The van der Waals surface area contributed by atoms with Gasteiger partial charge in [0.15, 0.2) is 0 Å². The van der Waals surface area contributed by atoms with Gasteiger partial charge in [0.05, 0.1) is 6.54 Å². The molecule has 1 heterocycles. The molecule has 0 aromatic heterocycles. The maximum atomic E-state index is 12.5. The number of piperidine rings is 1. The van der Waals surface area contributed by atoms with Crippen LogP contribution in [0.15, 0.2) is 0 Å². The Morgan fingerprint density at radius 2 is 1.84 bits per heavy atom. The first-order chi connectivity index (χ1) is 9.10. The molecule has 2 atom stereocenters. The molecule has 1 saturated heterocycles. The first-order valence-electron chi connectivity index (χ1n) is 8.01. The van der Waals surface area contributed by atoms with Gasteiger partial charge < -0.3 is 0 Å². The van der Waals surface area contributed by atoms with Gasteiger partial charge in [0.2, 0.25) is 0 Å². The van der Waals surface area contributed by atoms with Gasteiger partial charge >= 0.3 is 0 Å². The largest absolute Gasteiger partial charge is 0.298 e. The van der Waals surface area contributed by atoms with Crippen molar-refractivity contribution in [3.05, 3.63) is 0 Å². The fraction of sp³-hybridized carbons (Fsp3) is 0.938. The number of Topliss-reactive ketones (excluding diaryl/α,β-unsaturated/α-hetero) is 1. The Hall–Kier alpha value is 0.110. The van der Waals surface area contributed by atoms with Gasteiger partial charge in [-0.3, -0.25) is 9.69 Å². The van der Waals surface area contributed by atoms with Crippen molar-refractivity contribution in [1.82, 2.24) is 4.90 Å². The molecule has 1 saturated carbocycles. The van der Waals surface area contributed by atoms with Crippen LogP contribution in [0.3, 0.4) is 0 Å². The van der Waals surface area contributed by atoms with Gasteiger partial charge in [0, 0.05) is 23.3 Å². The maximum absolute atomic E-state index is 12.5. The second-order valence-electron chi connectivity index (χ2n) is 6.55. The van der Waals surface area contributed by atoms with Crippen molar-refractivity contribution >= 4 is 21.7 Å². The number of rotatable bonds is 4. The van der Waals surface area contributed by atoms with Crippen molar-refractivity contribution in [2.24, 2.45) is 11.8 Å². The standard InChI is InChI=1S/C16H28BrNO/c1-3-13-5-4-12(2)18(10-13)11-16(19)14-6-8-15(17)9-7-14/h12-15H,3-11H2,1-2H3. The fourth-order valence-corrected chi connectivity index (χ4v) is 4.05. The third-order valence-corrected chi connectivity index (χ3v) is 6.07. The molecular formula is C16H28BrNO. The molecular weight excluding hydrogens is 302 g/mol. The highest BCUT2D eigenvalue weighted by atomic mass is 79.9. The summed E-state index contributed by atoms with van der Waals surface area (Å²) in [6, 6.07) is 0.597. The minimum absolute atomic E-state index is 0.336. The van der Waals surface area contributed by atoms with Crippen LogP contribution in [-0.4, -0.2) is 34.6 Å². The summed E-state index contributed by atoms with van der Waals surface area (Å²) in [6.45, 7) is 6.40. The average Bonchev–Trinajstić information content (AvgIpc) is 2.42. The summed E-state index contributed by atoms with van der Waals surface area (Å²) in [5.74, 6) is 1.65. The zero-order chi connectivity index (χ0) is 13.8. The highest BCUT2D eigenvalue weighted by molar-refractivity contribution is 9.09. The average molecular weight is 330 g/mol. The summed E-state index contributed by atoms with van der Waals surface area (Å²) >= 11 is 3.67. The predicted octanol–water partition coefficient (Wildman–Crippen LogP) is 4.02. The molecule has 2 fully saturated rings. The second kappa shape index (κ2) is 7.21. The van der Waals surface area contributed by atoms with E-state index in [4.69, 9.17) is 0 Å². The van der Waals surface area contributed by atoms with Crippen LogP contribution in [0.5, 0.6) is 0 Å². The van der Waals surface area contributed by atoms with E-state index in [2.05, 4.69) is 34.7 Å². The molecule has 0 spiro atoms. The lowest BCUT2D eigenvalue weighted by Gasteiger charge is -2.38. The molecule has 1 aliphatic heterocycles. The molecule has 2 rings (SSSR count). The number of likely N-dealkylation sites (tertiary alicyclic amines) is 1. The highest BCUT2D eigenvalue weighted by Gasteiger charge is 2.30. The Bertz CT molecular complexity index is 299. The molecule has 0 aromatic carbocycles. The van der Waals surface area contributed by atoms with Gasteiger partial charge in [-0.1, -0.05) is 29.3 Å². The number of ketones is 1. The molecule has 0 aromatic rings. The molecule has 2 aliphatic rings. The molecule has 2 unspecified atom stereocenters. The quantitative estimate of drug-likeness (QED) is 0.726. The van der Waals surface area contributed by atoms with Gasteiger partial charge in [-0.25, -0.2) is 0 Å².